The van der Waals surface area contributed by atoms with E-state index in [9.17, 15) is 4.79 Å². The zero-order valence-corrected chi connectivity index (χ0v) is 14.4. The topological polar surface area (TPSA) is 75.5 Å². The summed E-state index contributed by atoms with van der Waals surface area (Å²) in [6.45, 7) is 2.99. The molecule has 2 aromatic carbocycles. The van der Waals surface area contributed by atoms with Crippen LogP contribution in [0.25, 0.3) is 5.69 Å². The van der Waals surface area contributed by atoms with Gasteiger partial charge in [0.1, 0.15) is 37.4 Å². The Morgan fingerprint density at radius 1 is 0.962 bits per heavy atom. The third kappa shape index (κ3) is 4.60. The van der Waals surface area contributed by atoms with Gasteiger partial charge in [-0.05, 0) is 55.5 Å². The molecule has 0 fully saturated rings. The predicted octanol–water partition coefficient (Wildman–Crippen LogP) is 2.90. The summed E-state index contributed by atoms with van der Waals surface area (Å²) in [6.07, 6.45) is 3.04. The van der Waals surface area contributed by atoms with Crippen molar-refractivity contribution < 1.29 is 19.0 Å². The van der Waals surface area contributed by atoms with E-state index in [-0.39, 0.29) is 13.2 Å². The van der Waals surface area contributed by atoms with Crippen molar-refractivity contribution in [1.82, 2.24) is 14.8 Å². The first-order valence-corrected chi connectivity index (χ1v) is 8.24. The lowest BCUT2D eigenvalue weighted by Crippen LogP contribution is -2.12. The van der Waals surface area contributed by atoms with Gasteiger partial charge in [0, 0.05) is 0 Å². The maximum Gasteiger partial charge on any atom is 0.338 e. The van der Waals surface area contributed by atoms with Gasteiger partial charge in [-0.2, -0.15) is 5.10 Å². The standard InChI is InChI=1S/C19H19N3O4/c1-2-24-17-7-9-18(10-8-17)25-11-12-26-19(23)15-3-5-16(6-4-15)22-14-20-13-21-22/h3-10,13-14H,2,11-12H2,1H3. The molecule has 0 saturated carbocycles. The largest absolute Gasteiger partial charge is 0.494 e. The fraction of sp³-hybridized carbons (Fsp3) is 0.211. The van der Waals surface area contributed by atoms with Gasteiger partial charge in [0.2, 0.25) is 0 Å². The molecule has 7 heteroatoms. The number of aromatic nitrogens is 3. The summed E-state index contributed by atoms with van der Waals surface area (Å²) in [5, 5.41) is 4.03. The molecular weight excluding hydrogens is 334 g/mol. The second-order valence-electron chi connectivity index (χ2n) is 5.28. The zero-order valence-electron chi connectivity index (χ0n) is 14.4. The molecule has 0 spiro atoms. The average Bonchev–Trinajstić information content (AvgIpc) is 3.21. The summed E-state index contributed by atoms with van der Waals surface area (Å²) in [5.74, 6) is 1.09. The number of esters is 1. The Hall–Kier alpha value is -3.35. The highest BCUT2D eigenvalue weighted by molar-refractivity contribution is 5.89. The quantitative estimate of drug-likeness (QED) is 0.458. The van der Waals surface area contributed by atoms with Crippen molar-refractivity contribution in [2.45, 2.75) is 6.92 Å². The normalized spacial score (nSPS) is 10.3. The Labute approximate surface area is 151 Å². The van der Waals surface area contributed by atoms with Crippen LogP contribution in [0.15, 0.2) is 61.2 Å². The van der Waals surface area contributed by atoms with Crippen molar-refractivity contribution in [3.05, 3.63) is 66.7 Å². The molecule has 1 aromatic heterocycles. The van der Waals surface area contributed by atoms with Gasteiger partial charge in [-0.15, -0.1) is 0 Å². The molecule has 0 radical (unpaired) electrons. The van der Waals surface area contributed by atoms with Crippen molar-refractivity contribution in [2.75, 3.05) is 19.8 Å². The minimum atomic E-state index is -0.398. The number of nitrogens with zero attached hydrogens (tertiary/aromatic N) is 3. The molecule has 0 aliphatic heterocycles. The van der Waals surface area contributed by atoms with E-state index in [2.05, 4.69) is 10.1 Å². The third-order valence-electron chi connectivity index (χ3n) is 3.51. The second-order valence-corrected chi connectivity index (χ2v) is 5.28. The van der Waals surface area contributed by atoms with Crippen LogP contribution in [-0.4, -0.2) is 40.6 Å². The molecule has 0 aliphatic carbocycles. The molecule has 0 N–H and O–H groups in total. The maximum atomic E-state index is 12.0. The summed E-state index contributed by atoms with van der Waals surface area (Å²) >= 11 is 0. The third-order valence-corrected chi connectivity index (χ3v) is 3.51. The van der Waals surface area contributed by atoms with E-state index in [0.29, 0.717) is 17.9 Å². The first kappa shape index (κ1) is 17.5. The number of ether oxygens (including phenoxy) is 3. The van der Waals surface area contributed by atoms with Crippen LogP contribution in [0.1, 0.15) is 17.3 Å². The fourth-order valence-corrected chi connectivity index (χ4v) is 2.27. The summed E-state index contributed by atoms with van der Waals surface area (Å²) < 4.78 is 17.7. The van der Waals surface area contributed by atoms with Gasteiger partial charge in [-0.1, -0.05) is 0 Å². The molecule has 134 valence electrons. The van der Waals surface area contributed by atoms with Crippen LogP contribution in [0.4, 0.5) is 0 Å². The summed E-state index contributed by atoms with van der Waals surface area (Å²) in [4.78, 5) is 15.9. The fourth-order valence-electron chi connectivity index (χ4n) is 2.27. The predicted molar refractivity (Wildman–Crippen MR) is 94.7 cm³/mol. The van der Waals surface area contributed by atoms with Crippen LogP contribution in [0, 0.1) is 0 Å². The average molecular weight is 353 g/mol. The number of carbonyl (C=O) groups is 1. The minimum absolute atomic E-state index is 0.164. The van der Waals surface area contributed by atoms with Gasteiger partial charge in [0.05, 0.1) is 17.9 Å². The Kier molecular flexibility index (Phi) is 5.82. The first-order chi connectivity index (χ1) is 12.8. The van der Waals surface area contributed by atoms with Crippen molar-refractivity contribution in [3.63, 3.8) is 0 Å². The van der Waals surface area contributed by atoms with E-state index in [1.54, 1.807) is 35.3 Å². The summed E-state index contributed by atoms with van der Waals surface area (Å²) in [7, 11) is 0. The highest BCUT2D eigenvalue weighted by Crippen LogP contribution is 2.17. The van der Waals surface area contributed by atoms with Gasteiger partial charge in [-0.25, -0.2) is 14.5 Å². The van der Waals surface area contributed by atoms with Crippen LogP contribution >= 0.6 is 0 Å². The number of benzene rings is 2. The summed E-state index contributed by atoms with van der Waals surface area (Å²) in [5.41, 5.74) is 1.29. The molecular formula is C19H19N3O4. The Morgan fingerprint density at radius 2 is 1.65 bits per heavy atom. The smallest absolute Gasteiger partial charge is 0.338 e. The molecule has 3 rings (SSSR count). The van der Waals surface area contributed by atoms with E-state index in [1.807, 2.05) is 31.2 Å². The monoisotopic (exact) mass is 353 g/mol. The minimum Gasteiger partial charge on any atom is -0.494 e. The molecule has 0 bridgehead atoms. The van der Waals surface area contributed by atoms with Gasteiger partial charge in [0.15, 0.2) is 0 Å². The molecule has 0 aliphatic rings. The molecule has 3 aromatic rings. The highest BCUT2D eigenvalue weighted by Gasteiger charge is 2.07. The van der Waals surface area contributed by atoms with Crippen LogP contribution < -0.4 is 9.47 Å². The van der Waals surface area contributed by atoms with E-state index in [1.165, 1.54) is 6.33 Å². The Morgan fingerprint density at radius 3 is 2.27 bits per heavy atom. The van der Waals surface area contributed by atoms with Gasteiger partial charge in [0.25, 0.3) is 0 Å². The molecule has 7 nitrogen and oxygen atoms in total. The lowest BCUT2D eigenvalue weighted by atomic mass is 10.2. The number of hydrogen-bond donors (Lipinski definition) is 0. The lowest BCUT2D eigenvalue weighted by molar-refractivity contribution is 0.0450. The number of rotatable bonds is 8. The molecule has 1 heterocycles. The van der Waals surface area contributed by atoms with E-state index in [0.717, 1.165) is 11.4 Å². The number of carbonyl (C=O) groups excluding carboxylic acids is 1. The molecule has 0 amide bonds. The van der Waals surface area contributed by atoms with Crippen LogP contribution in [0.2, 0.25) is 0 Å². The lowest BCUT2D eigenvalue weighted by Gasteiger charge is -2.09. The first-order valence-electron chi connectivity index (χ1n) is 8.24. The van der Waals surface area contributed by atoms with E-state index < -0.39 is 5.97 Å². The summed E-state index contributed by atoms with van der Waals surface area (Å²) in [6, 6.07) is 14.2. The molecule has 0 saturated heterocycles. The van der Waals surface area contributed by atoms with Crippen molar-refractivity contribution >= 4 is 5.97 Å². The molecule has 0 unspecified atom stereocenters. The van der Waals surface area contributed by atoms with Crippen LogP contribution in [-0.2, 0) is 4.74 Å². The van der Waals surface area contributed by atoms with Crippen molar-refractivity contribution in [3.8, 4) is 17.2 Å². The van der Waals surface area contributed by atoms with Crippen LogP contribution in [0.5, 0.6) is 11.5 Å². The SMILES string of the molecule is CCOc1ccc(OCCOC(=O)c2ccc(-n3cncn3)cc2)cc1. The Bertz CT molecular complexity index is 815. The van der Waals surface area contributed by atoms with E-state index in [4.69, 9.17) is 14.2 Å². The van der Waals surface area contributed by atoms with Crippen molar-refractivity contribution in [2.24, 2.45) is 0 Å². The Balaban J connectivity index is 1.43. The van der Waals surface area contributed by atoms with Gasteiger partial charge in [-0.3, -0.25) is 0 Å². The van der Waals surface area contributed by atoms with Gasteiger partial charge >= 0.3 is 5.97 Å². The van der Waals surface area contributed by atoms with E-state index >= 15 is 0 Å². The number of hydrogen-bond acceptors (Lipinski definition) is 6. The molecule has 0 atom stereocenters. The molecule has 26 heavy (non-hydrogen) atoms. The van der Waals surface area contributed by atoms with Gasteiger partial charge < -0.3 is 14.2 Å². The van der Waals surface area contributed by atoms with Crippen molar-refractivity contribution in [1.29, 1.82) is 0 Å². The maximum absolute atomic E-state index is 12.0. The van der Waals surface area contributed by atoms with Crippen LogP contribution in [0.3, 0.4) is 0 Å². The second kappa shape index (κ2) is 8.66. The zero-order chi connectivity index (χ0) is 18.2. The highest BCUT2D eigenvalue weighted by atomic mass is 16.6.